The number of hydrogen-bond acceptors (Lipinski definition) is 7. The number of fused-ring (bicyclic) bond motifs is 1. The monoisotopic (exact) mass is 391 g/mol. The number of rotatable bonds is 5. The Hall–Kier alpha value is -4.14. The molecule has 1 aliphatic rings. The summed E-state index contributed by atoms with van der Waals surface area (Å²) in [7, 11) is 0. The Bertz CT molecular complexity index is 1070. The Morgan fingerprint density at radius 3 is 2.41 bits per heavy atom. The van der Waals surface area contributed by atoms with E-state index in [2.05, 4.69) is 25.9 Å². The molecule has 0 unspecified atom stereocenters. The summed E-state index contributed by atoms with van der Waals surface area (Å²) in [6, 6.07) is 12.3. The van der Waals surface area contributed by atoms with Gasteiger partial charge in [0.25, 0.3) is 5.91 Å². The first-order valence-electron chi connectivity index (χ1n) is 8.74. The maximum atomic E-state index is 12.4. The number of benzene rings is 2. The predicted octanol–water partition coefficient (Wildman–Crippen LogP) is 3.16. The van der Waals surface area contributed by atoms with Crippen molar-refractivity contribution < 1.29 is 19.1 Å². The van der Waals surface area contributed by atoms with Crippen LogP contribution in [0.1, 0.15) is 17.3 Å². The molecule has 0 saturated carbocycles. The molecule has 146 valence electrons. The number of anilines is 4. The van der Waals surface area contributed by atoms with Crippen molar-refractivity contribution in [3.05, 3.63) is 60.4 Å². The maximum Gasteiger partial charge on any atom is 0.258 e. The van der Waals surface area contributed by atoms with Gasteiger partial charge in [-0.15, -0.1) is 0 Å². The fraction of sp³-hybridized carbons (Fsp3) is 0.100. The average molecular weight is 391 g/mol. The summed E-state index contributed by atoms with van der Waals surface area (Å²) in [6.07, 6.45) is 2.85. The zero-order valence-corrected chi connectivity index (χ0v) is 15.4. The molecule has 0 spiro atoms. The number of nitrogens with one attached hydrogen (secondary N) is 3. The Morgan fingerprint density at radius 1 is 0.897 bits per heavy atom. The highest BCUT2D eigenvalue weighted by atomic mass is 16.7. The van der Waals surface area contributed by atoms with Crippen LogP contribution in [0, 0.1) is 0 Å². The van der Waals surface area contributed by atoms with Crippen molar-refractivity contribution >= 4 is 34.8 Å². The third-order valence-electron chi connectivity index (χ3n) is 3.98. The highest BCUT2D eigenvalue weighted by molar-refractivity contribution is 6.04. The van der Waals surface area contributed by atoms with Gasteiger partial charge in [0.1, 0.15) is 0 Å². The van der Waals surface area contributed by atoms with E-state index >= 15 is 0 Å². The zero-order valence-electron chi connectivity index (χ0n) is 15.4. The molecule has 0 bridgehead atoms. The van der Waals surface area contributed by atoms with Crippen LogP contribution in [0.5, 0.6) is 11.5 Å². The minimum atomic E-state index is -0.344. The van der Waals surface area contributed by atoms with E-state index in [1.54, 1.807) is 36.4 Å². The first kappa shape index (κ1) is 18.2. The maximum absolute atomic E-state index is 12.4. The highest BCUT2D eigenvalue weighted by Gasteiger charge is 2.15. The van der Waals surface area contributed by atoms with Crippen molar-refractivity contribution in [1.82, 2.24) is 9.97 Å². The summed E-state index contributed by atoms with van der Waals surface area (Å²) in [5, 5.41) is 8.50. The first-order chi connectivity index (χ1) is 14.1. The summed E-state index contributed by atoms with van der Waals surface area (Å²) >= 11 is 0. The van der Waals surface area contributed by atoms with Crippen molar-refractivity contribution in [3.8, 4) is 11.5 Å². The van der Waals surface area contributed by atoms with Gasteiger partial charge in [0, 0.05) is 42.4 Å². The van der Waals surface area contributed by atoms with Gasteiger partial charge in [-0.05, 0) is 30.3 Å². The molecule has 0 atom stereocenters. The Balaban J connectivity index is 1.41. The number of ether oxygens (including phenoxy) is 2. The quantitative estimate of drug-likeness (QED) is 0.612. The van der Waals surface area contributed by atoms with Gasteiger partial charge >= 0.3 is 0 Å². The molecule has 1 aromatic heterocycles. The first-order valence-corrected chi connectivity index (χ1v) is 8.74. The number of amides is 2. The van der Waals surface area contributed by atoms with Crippen LogP contribution in [-0.2, 0) is 4.79 Å². The van der Waals surface area contributed by atoms with Crippen LogP contribution < -0.4 is 25.4 Å². The summed E-state index contributed by atoms with van der Waals surface area (Å²) < 4.78 is 10.5. The van der Waals surface area contributed by atoms with Gasteiger partial charge in [-0.1, -0.05) is 6.07 Å². The molecule has 0 aliphatic carbocycles. The SMILES string of the molecule is CC(=O)Nc1cccc(Nc2ncc(C(=O)Nc3ccc4c(c3)OCO4)cn2)c1. The molecule has 2 amide bonds. The standard InChI is InChI=1S/C20H17N5O4/c1-12(26)23-14-3-2-4-15(7-14)25-20-21-9-13(10-22-20)19(27)24-16-5-6-17-18(8-16)29-11-28-17/h2-10H,11H2,1H3,(H,23,26)(H,24,27)(H,21,22,25). The van der Waals surface area contributed by atoms with Gasteiger partial charge in [0.15, 0.2) is 11.5 Å². The molecule has 0 saturated heterocycles. The summed E-state index contributed by atoms with van der Waals surface area (Å²) in [5.74, 6) is 1.05. The predicted molar refractivity (Wildman–Crippen MR) is 107 cm³/mol. The van der Waals surface area contributed by atoms with Crippen LogP contribution in [0.4, 0.5) is 23.0 Å². The number of aromatic nitrogens is 2. The molecule has 4 rings (SSSR count). The molecule has 0 fully saturated rings. The molecule has 3 aromatic rings. The van der Waals surface area contributed by atoms with E-state index in [9.17, 15) is 9.59 Å². The van der Waals surface area contributed by atoms with Crippen molar-refractivity contribution in [2.45, 2.75) is 6.92 Å². The highest BCUT2D eigenvalue weighted by Crippen LogP contribution is 2.34. The van der Waals surface area contributed by atoms with Gasteiger partial charge in [-0.3, -0.25) is 9.59 Å². The van der Waals surface area contributed by atoms with Gasteiger partial charge in [0.2, 0.25) is 18.6 Å². The Morgan fingerprint density at radius 2 is 1.62 bits per heavy atom. The zero-order chi connectivity index (χ0) is 20.2. The molecule has 29 heavy (non-hydrogen) atoms. The normalized spacial score (nSPS) is 11.6. The van der Waals surface area contributed by atoms with E-state index in [4.69, 9.17) is 9.47 Å². The van der Waals surface area contributed by atoms with E-state index < -0.39 is 0 Å². The third kappa shape index (κ3) is 4.41. The lowest BCUT2D eigenvalue weighted by Crippen LogP contribution is -2.13. The summed E-state index contributed by atoms with van der Waals surface area (Å²) in [4.78, 5) is 31.9. The topological polar surface area (TPSA) is 114 Å². The Kier molecular flexibility index (Phi) is 4.93. The van der Waals surface area contributed by atoms with Crippen LogP contribution in [-0.4, -0.2) is 28.6 Å². The molecule has 9 heteroatoms. The minimum absolute atomic E-state index is 0.156. The largest absolute Gasteiger partial charge is 0.454 e. The number of nitrogens with zero attached hydrogens (tertiary/aromatic N) is 2. The molecular weight excluding hydrogens is 374 g/mol. The lowest BCUT2D eigenvalue weighted by atomic mass is 10.2. The van der Waals surface area contributed by atoms with E-state index in [1.165, 1.54) is 19.3 Å². The fourth-order valence-electron chi connectivity index (χ4n) is 2.69. The summed E-state index contributed by atoms with van der Waals surface area (Å²) in [5.41, 5.74) is 2.24. The lowest BCUT2D eigenvalue weighted by molar-refractivity contribution is -0.114. The van der Waals surface area contributed by atoms with Gasteiger partial charge in [-0.2, -0.15) is 0 Å². The van der Waals surface area contributed by atoms with E-state index in [0.29, 0.717) is 40.1 Å². The number of carbonyl (C=O) groups excluding carboxylic acids is 2. The van der Waals surface area contributed by atoms with E-state index in [-0.39, 0.29) is 18.6 Å². The minimum Gasteiger partial charge on any atom is -0.454 e. The van der Waals surface area contributed by atoms with E-state index in [1.807, 2.05) is 6.07 Å². The fourth-order valence-corrected chi connectivity index (χ4v) is 2.69. The van der Waals surface area contributed by atoms with Crippen molar-refractivity contribution in [1.29, 1.82) is 0 Å². The second kappa shape index (κ2) is 7.85. The third-order valence-corrected chi connectivity index (χ3v) is 3.98. The molecule has 3 N–H and O–H groups in total. The van der Waals surface area contributed by atoms with Crippen LogP contribution in [0.2, 0.25) is 0 Å². The van der Waals surface area contributed by atoms with Crippen molar-refractivity contribution in [3.63, 3.8) is 0 Å². The molecular formula is C20H17N5O4. The van der Waals surface area contributed by atoms with Crippen molar-refractivity contribution in [2.24, 2.45) is 0 Å². The second-order valence-corrected chi connectivity index (χ2v) is 6.20. The molecule has 9 nitrogen and oxygen atoms in total. The second-order valence-electron chi connectivity index (χ2n) is 6.20. The smallest absolute Gasteiger partial charge is 0.258 e. The Labute approximate surface area is 166 Å². The lowest BCUT2D eigenvalue weighted by Gasteiger charge is -2.08. The molecule has 2 heterocycles. The van der Waals surface area contributed by atoms with Gasteiger partial charge in [0.05, 0.1) is 5.56 Å². The molecule has 0 radical (unpaired) electrons. The van der Waals surface area contributed by atoms with Crippen LogP contribution in [0.25, 0.3) is 0 Å². The van der Waals surface area contributed by atoms with Crippen LogP contribution in [0.3, 0.4) is 0 Å². The van der Waals surface area contributed by atoms with E-state index in [0.717, 1.165) is 0 Å². The van der Waals surface area contributed by atoms with Crippen LogP contribution >= 0.6 is 0 Å². The van der Waals surface area contributed by atoms with Crippen molar-refractivity contribution in [2.75, 3.05) is 22.7 Å². The molecule has 2 aromatic carbocycles. The van der Waals surface area contributed by atoms with Gasteiger partial charge < -0.3 is 25.4 Å². The number of hydrogen-bond donors (Lipinski definition) is 3. The number of carbonyl (C=O) groups is 2. The van der Waals surface area contributed by atoms with Crippen LogP contribution in [0.15, 0.2) is 54.9 Å². The molecule has 1 aliphatic heterocycles. The average Bonchev–Trinajstić information content (AvgIpc) is 3.16. The summed E-state index contributed by atoms with van der Waals surface area (Å²) in [6.45, 7) is 1.61. The van der Waals surface area contributed by atoms with Gasteiger partial charge in [-0.25, -0.2) is 9.97 Å².